The van der Waals surface area contributed by atoms with Crippen LogP contribution in [0.2, 0.25) is 0 Å². The molecule has 0 spiro atoms. The number of amides is 1. The van der Waals surface area contributed by atoms with Gasteiger partial charge in [0.2, 0.25) is 5.91 Å². The fourth-order valence-corrected chi connectivity index (χ4v) is 3.60. The minimum Gasteiger partial charge on any atom is -0.355 e. The summed E-state index contributed by atoms with van der Waals surface area (Å²) in [6.07, 6.45) is -3.93. The summed E-state index contributed by atoms with van der Waals surface area (Å²) in [7, 11) is -3.48. The van der Waals surface area contributed by atoms with Gasteiger partial charge >= 0.3 is 6.18 Å². The lowest BCUT2D eigenvalue weighted by molar-refractivity contribution is -0.138. The molecule has 0 atom stereocenters. The Bertz CT molecular complexity index is 954. The first-order chi connectivity index (χ1) is 12.6. The van der Waals surface area contributed by atoms with Gasteiger partial charge in [0.15, 0.2) is 9.84 Å². The average molecular weight is 402 g/mol. The van der Waals surface area contributed by atoms with Crippen LogP contribution in [0, 0.1) is 0 Å². The summed E-state index contributed by atoms with van der Waals surface area (Å²) < 4.78 is 62.8. The van der Waals surface area contributed by atoms with Crippen LogP contribution in [-0.2, 0) is 27.4 Å². The Morgan fingerprint density at radius 2 is 1.74 bits per heavy atom. The third kappa shape index (κ3) is 5.95. The smallest absolute Gasteiger partial charge is 0.355 e. The molecule has 146 valence electrons. The molecule has 1 amide bonds. The number of sulfone groups is 1. The minimum absolute atomic E-state index is 0.0125. The number of nitrogens with zero attached hydrogens (tertiary/aromatic N) is 1. The molecule has 0 aliphatic heterocycles. The van der Waals surface area contributed by atoms with E-state index in [2.05, 4.69) is 5.32 Å². The zero-order valence-corrected chi connectivity index (χ0v) is 14.9. The van der Waals surface area contributed by atoms with E-state index in [0.717, 1.165) is 6.07 Å². The molecule has 0 saturated carbocycles. The van der Waals surface area contributed by atoms with Crippen molar-refractivity contribution in [1.82, 2.24) is 9.88 Å². The van der Waals surface area contributed by atoms with Gasteiger partial charge in [0.1, 0.15) is 6.54 Å². The van der Waals surface area contributed by atoms with E-state index in [1.54, 1.807) is 18.2 Å². The third-order valence-electron chi connectivity index (χ3n) is 3.64. The fourth-order valence-electron chi connectivity index (χ4n) is 2.27. The molecule has 1 aromatic carbocycles. The van der Waals surface area contributed by atoms with E-state index in [1.165, 1.54) is 12.1 Å². The molecule has 10 heteroatoms. The summed E-state index contributed by atoms with van der Waals surface area (Å²) in [5.41, 5.74) is -1.78. The Kier molecular flexibility index (Phi) is 6.42. The molecular weight excluding hydrogens is 385 g/mol. The summed E-state index contributed by atoms with van der Waals surface area (Å²) in [6.45, 7) is -0.577. The number of carbonyl (C=O) groups excluding carboxylic acids is 1. The molecule has 6 nitrogen and oxygen atoms in total. The van der Waals surface area contributed by atoms with E-state index in [0.29, 0.717) is 16.8 Å². The summed E-state index contributed by atoms with van der Waals surface area (Å²) in [5.74, 6) is -0.880. The van der Waals surface area contributed by atoms with Crippen LogP contribution in [-0.4, -0.2) is 31.2 Å². The second-order valence-electron chi connectivity index (χ2n) is 5.72. The number of hydrogen-bond acceptors (Lipinski definition) is 4. The highest BCUT2D eigenvalue weighted by molar-refractivity contribution is 7.91. The van der Waals surface area contributed by atoms with E-state index in [9.17, 15) is 31.2 Å². The highest BCUT2D eigenvalue weighted by Gasteiger charge is 2.31. The number of benzene rings is 1. The molecule has 2 aromatic rings. The van der Waals surface area contributed by atoms with Crippen LogP contribution in [0.25, 0.3) is 0 Å². The number of hydrogen-bond donors (Lipinski definition) is 1. The minimum atomic E-state index is -4.63. The lowest BCUT2D eigenvalue weighted by Crippen LogP contribution is -2.33. The largest absolute Gasteiger partial charge is 0.417 e. The molecule has 1 N–H and O–H groups in total. The van der Waals surface area contributed by atoms with Crippen molar-refractivity contribution in [2.75, 3.05) is 12.3 Å². The van der Waals surface area contributed by atoms with Gasteiger partial charge in [-0.3, -0.25) is 9.59 Å². The van der Waals surface area contributed by atoms with E-state index < -0.39 is 39.6 Å². The molecule has 1 aromatic heterocycles. The maximum absolute atomic E-state index is 12.7. The van der Waals surface area contributed by atoms with Crippen LogP contribution in [0.5, 0.6) is 0 Å². The Labute approximate surface area is 153 Å². The molecule has 27 heavy (non-hydrogen) atoms. The number of carbonyl (C=O) groups is 1. The second-order valence-corrected chi connectivity index (χ2v) is 7.83. The van der Waals surface area contributed by atoms with Gasteiger partial charge in [-0.1, -0.05) is 18.2 Å². The van der Waals surface area contributed by atoms with Crippen LogP contribution in [0.3, 0.4) is 0 Å². The SMILES string of the molecule is O=C(Cn1cc(C(F)(F)F)ccc1=O)NCCCS(=O)(=O)c1ccccc1. The van der Waals surface area contributed by atoms with Gasteiger partial charge in [-0.25, -0.2) is 8.42 Å². The molecule has 0 radical (unpaired) electrons. The van der Waals surface area contributed by atoms with Crippen molar-refractivity contribution in [1.29, 1.82) is 0 Å². The number of rotatable bonds is 7. The van der Waals surface area contributed by atoms with Crippen LogP contribution >= 0.6 is 0 Å². The number of halogens is 3. The van der Waals surface area contributed by atoms with Crippen LogP contribution in [0.15, 0.2) is 58.4 Å². The van der Waals surface area contributed by atoms with E-state index in [-0.39, 0.29) is 23.6 Å². The van der Waals surface area contributed by atoms with Crippen molar-refractivity contribution in [3.8, 4) is 0 Å². The van der Waals surface area contributed by atoms with Crippen LogP contribution < -0.4 is 10.9 Å². The van der Waals surface area contributed by atoms with Gasteiger partial charge in [0.25, 0.3) is 5.56 Å². The quantitative estimate of drug-likeness (QED) is 0.717. The molecule has 0 saturated heterocycles. The van der Waals surface area contributed by atoms with Crippen molar-refractivity contribution in [2.45, 2.75) is 24.0 Å². The van der Waals surface area contributed by atoms with Crippen molar-refractivity contribution < 1.29 is 26.4 Å². The molecule has 0 aliphatic carbocycles. The van der Waals surface area contributed by atoms with Crippen LogP contribution in [0.1, 0.15) is 12.0 Å². The highest BCUT2D eigenvalue weighted by Crippen LogP contribution is 2.27. The van der Waals surface area contributed by atoms with E-state index in [4.69, 9.17) is 0 Å². The predicted molar refractivity (Wildman–Crippen MR) is 91.8 cm³/mol. The molecule has 2 rings (SSSR count). The summed E-state index contributed by atoms with van der Waals surface area (Å²) >= 11 is 0. The number of nitrogens with one attached hydrogen (secondary N) is 1. The lowest BCUT2D eigenvalue weighted by Gasteiger charge is -2.11. The summed E-state index contributed by atoms with van der Waals surface area (Å²) in [5, 5.41) is 2.40. The monoisotopic (exact) mass is 402 g/mol. The zero-order chi connectivity index (χ0) is 20.1. The maximum atomic E-state index is 12.7. The van der Waals surface area contributed by atoms with Gasteiger partial charge in [0.05, 0.1) is 16.2 Å². The molecule has 0 aliphatic rings. The summed E-state index contributed by atoms with van der Waals surface area (Å²) in [6, 6.07) is 9.20. The predicted octanol–water partition coefficient (Wildman–Crippen LogP) is 1.85. The molecule has 0 unspecified atom stereocenters. The Hall–Kier alpha value is -2.62. The Balaban J connectivity index is 1.88. The van der Waals surface area contributed by atoms with Crippen molar-refractivity contribution in [3.63, 3.8) is 0 Å². The first-order valence-corrected chi connectivity index (χ1v) is 9.57. The number of alkyl halides is 3. The van der Waals surface area contributed by atoms with E-state index >= 15 is 0 Å². The average Bonchev–Trinajstić information content (AvgIpc) is 2.60. The third-order valence-corrected chi connectivity index (χ3v) is 5.46. The second kappa shape index (κ2) is 8.38. The molecule has 1 heterocycles. The van der Waals surface area contributed by atoms with E-state index in [1.807, 2.05) is 0 Å². The number of pyridine rings is 1. The van der Waals surface area contributed by atoms with Gasteiger partial charge in [0, 0.05) is 18.8 Å². The van der Waals surface area contributed by atoms with Gasteiger partial charge < -0.3 is 9.88 Å². The standard InChI is InChI=1S/C17H17F3N2O4S/c18-17(19,20)13-7-8-16(24)22(11-13)12-15(23)21-9-4-10-27(25,26)14-5-2-1-3-6-14/h1-3,5-8,11H,4,9-10,12H2,(H,21,23). The van der Waals surface area contributed by atoms with Gasteiger partial charge in [-0.2, -0.15) is 13.2 Å². The molecule has 0 fully saturated rings. The lowest BCUT2D eigenvalue weighted by atomic mass is 10.3. The molecule has 0 bridgehead atoms. The zero-order valence-electron chi connectivity index (χ0n) is 14.1. The Morgan fingerprint density at radius 3 is 2.37 bits per heavy atom. The first-order valence-electron chi connectivity index (χ1n) is 7.92. The molecular formula is C17H17F3N2O4S. The van der Waals surface area contributed by atoms with Gasteiger partial charge in [-0.15, -0.1) is 0 Å². The summed E-state index contributed by atoms with van der Waals surface area (Å²) in [4.78, 5) is 23.6. The highest BCUT2D eigenvalue weighted by atomic mass is 32.2. The number of aromatic nitrogens is 1. The Morgan fingerprint density at radius 1 is 1.07 bits per heavy atom. The van der Waals surface area contributed by atoms with Crippen molar-refractivity contribution >= 4 is 15.7 Å². The topological polar surface area (TPSA) is 85.2 Å². The maximum Gasteiger partial charge on any atom is 0.417 e. The van der Waals surface area contributed by atoms with Crippen molar-refractivity contribution in [2.24, 2.45) is 0 Å². The van der Waals surface area contributed by atoms with Gasteiger partial charge in [-0.05, 0) is 24.6 Å². The normalized spacial score (nSPS) is 12.0. The fraction of sp³-hybridized carbons (Fsp3) is 0.294. The first kappa shape index (κ1) is 20.7. The van der Waals surface area contributed by atoms with Crippen molar-refractivity contribution in [3.05, 3.63) is 64.6 Å². The van der Waals surface area contributed by atoms with Crippen LogP contribution in [0.4, 0.5) is 13.2 Å².